The molecule has 3 heterocycles. The molecule has 0 radical (unpaired) electrons. The van der Waals surface area contributed by atoms with Gasteiger partial charge >= 0.3 is 0 Å². The largest absolute Gasteiger partial charge is 0.504 e. The number of fused-ring (bicyclic) bond motifs is 4. The number of hydrogen-bond acceptors (Lipinski definition) is 5. The fourth-order valence-corrected chi connectivity index (χ4v) is 8.12. The summed E-state index contributed by atoms with van der Waals surface area (Å²) in [5, 5.41) is 27.3. The van der Waals surface area contributed by atoms with E-state index in [4.69, 9.17) is 4.74 Å². The Labute approximate surface area is 182 Å². The van der Waals surface area contributed by atoms with Crippen LogP contribution in [0.25, 0.3) is 0 Å². The Morgan fingerprint density at radius 2 is 2.03 bits per heavy atom. The lowest BCUT2D eigenvalue weighted by Crippen LogP contribution is -2.78. The molecule has 3 fully saturated rings. The molecule has 160 valence electrons. The number of phenolic OH excluding ortho intramolecular Hbond substituents is 1. The summed E-state index contributed by atoms with van der Waals surface area (Å²) in [5.41, 5.74) is 3.55. The van der Waals surface area contributed by atoms with Crippen molar-refractivity contribution in [2.45, 2.75) is 67.2 Å². The van der Waals surface area contributed by atoms with Gasteiger partial charge in [0.1, 0.15) is 6.10 Å². The van der Waals surface area contributed by atoms with Gasteiger partial charge in [0.15, 0.2) is 11.5 Å². The van der Waals surface area contributed by atoms with Gasteiger partial charge in [0.05, 0.1) is 17.1 Å². The number of likely N-dealkylation sites (tertiary alicyclic amines) is 1. The molecule has 5 nitrogen and oxygen atoms in total. The average molecular weight is 417 g/mol. The molecule has 6 aliphatic rings. The molecule has 2 aromatic rings. The van der Waals surface area contributed by atoms with E-state index in [0.29, 0.717) is 5.75 Å². The summed E-state index contributed by atoms with van der Waals surface area (Å²) in [6.45, 7) is 2.11. The molecule has 3 unspecified atom stereocenters. The quantitative estimate of drug-likeness (QED) is 0.702. The number of para-hydroxylation sites is 1. The normalized spacial score (nSPS) is 41.1. The highest BCUT2D eigenvalue weighted by atomic mass is 16.5. The van der Waals surface area contributed by atoms with Crippen molar-refractivity contribution < 1.29 is 14.9 Å². The first-order valence-electron chi connectivity index (χ1n) is 11.9. The average Bonchev–Trinajstić information content (AvgIpc) is 3.40. The van der Waals surface area contributed by atoms with Gasteiger partial charge in [-0.15, -0.1) is 0 Å². The first kappa shape index (κ1) is 17.3. The molecular weight excluding hydrogens is 388 g/mol. The van der Waals surface area contributed by atoms with Crippen molar-refractivity contribution in [3.63, 3.8) is 0 Å². The van der Waals surface area contributed by atoms with E-state index in [9.17, 15) is 10.2 Å². The van der Waals surface area contributed by atoms with E-state index in [-0.39, 0.29) is 29.9 Å². The fraction of sp³-hybridized carbons (Fsp3) is 0.538. The molecule has 3 aliphatic carbocycles. The van der Waals surface area contributed by atoms with Gasteiger partial charge in [0, 0.05) is 29.8 Å². The number of phenols is 1. The third kappa shape index (κ3) is 1.89. The minimum Gasteiger partial charge on any atom is -0.504 e. The number of aromatic hydroxyl groups is 1. The standard InChI is InChI=1S/C26H28N2O3/c29-19-8-7-15-11-20-26(30)12-17-16-3-1-2-4-18(16)27-22(17)24-25(26,21(15)23(19)31-24)9-10-28(20)13-14-5-6-14/h1-4,7-8,14,17,20,22,24,27,29-30H,5-6,9-13H2/t17?,20-,22?,24?,25+,26-/m1/s1. The molecule has 3 N–H and O–H groups in total. The molecule has 2 saturated carbocycles. The molecule has 8 rings (SSSR count). The van der Waals surface area contributed by atoms with Gasteiger partial charge in [0.25, 0.3) is 0 Å². The lowest BCUT2D eigenvalue weighted by atomic mass is 9.46. The number of nitrogens with zero attached hydrogens (tertiary/aromatic N) is 1. The number of ether oxygens (including phenoxy) is 1. The third-order valence-electron chi connectivity index (χ3n) is 9.53. The summed E-state index contributed by atoms with van der Waals surface area (Å²) in [4.78, 5) is 2.60. The lowest BCUT2D eigenvalue weighted by Gasteiger charge is -2.65. The maximum Gasteiger partial charge on any atom is 0.165 e. The van der Waals surface area contributed by atoms with Gasteiger partial charge in [-0.2, -0.15) is 0 Å². The maximum absolute atomic E-state index is 12.7. The summed E-state index contributed by atoms with van der Waals surface area (Å²) in [6, 6.07) is 12.6. The predicted molar refractivity (Wildman–Crippen MR) is 117 cm³/mol. The number of benzene rings is 2. The summed E-state index contributed by atoms with van der Waals surface area (Å²) >= 11 is 0. The fourth-order valence-electron chi connectivity index (χ4n) is 8.12. The van der Waals surface area contributed by atoms with Gasteiger partial charge in [-0.1, -0.05) is 24.3 Å². The highest BCUT2D eigenvalue weighted by molar-refractivity contribution is 5.67. The SMILES string of the molecule is Oc1ccc2c3c1OC1C4Nc5ccccc5C4C[C@@]4(O)[C@@H](C2)N(CC2CC2)CC[C@]314. The van der Waals surface area contributed by atoms with Gasteiger partial charge in [0.2, 0.25) is 0 Å². The molecule has 0 aromatic heterocycles. The molecule has 3 aliphatic heterocycles. The van der Waals surface area contributed by atoms with Crippen molar-refractivity contribution in [3.05, 3.63) is 53.1 Å². The monoisotopic (exact) mass is 416 g/mol. The van der Waals surface area contributed by atoms with Gasteiger partial charge in [-0.25, -0.2) is 0 Å². The van der Waals surface area contributed by atoms with Crippen LogP contribution in [0.1, 0.15) is 48.3 Å². The first-order valence-corrected chi connectivity index (χ1v) is 11.9. The Morgan fingerprint density at radius 1 is 1.16 bits per heavy atom. The van der Waals surface area contributed by atoms with Crippen molar-refractivity contribution >= 4 is 5.69 Å². The number of nitrogens with one attached hydrogen (secondary N) is 1. The Bertz CT molecular complexity index is 1130. The Morgan fingerprint density at radius 3 is 2.90 bits per heavy atom. The second-order valence-corrected chi connectivity index (χ2v) is 10.9. The van der Waals surface area contributed by atoms with Crippen LogP contribution in [0, 0.1) is 5.92 Å². The van der Waals surface area contributed by atoms with E-state index < -0.39 is 11.0 Å². The Kier molecular flexibility index (Phi) is 3.01. The highest BCUT2D eigenvalue weighted by Gasteiger charge is 2.75. The molecule has 1 saturated heterocycles. The van der Waals surface area contributed by atoms with Crippen molar-refractivity contribution in [2.24, 2.45) is 5.92 Å². The van der Waals surface area contributed by atoms with Crippen molar-refractivity contribution in [1.29, 1.82) is 0 Å². The van der Waals surface area contributed by atoms with Crippen LogP contribution in [0.15, 0.2) is 36.4 Å². The van der Waals surface area contributed by atoms with Crippen LogP contribution >= 0.6 is 0 Å². The molecule has 0 amide bonds. The zero-order valence-electron chi connectivity index (χ0n) is 17.6. The second-order valence-electron chi connectivity index (χ2n) is 10.9. The van der Waals surface area contributed by atoms with E-state index in [1.165, 1.54) is 29.7 Å². The summed E-state index contributed by atoms with van der Waals surface area (Å²) < 4.78 is 6.66. The number of anilines is 1. The van der Waals surface area contributed by atoms with Crippen molar-refractivity contribution in [2.75, 3.05) is 18.4 Å². The van der Waals surface area contributed by atoms with Crippen LogP contribution in [0.5, 0.6) is 11.5 Å². The Hall–Kier alpha value is -2.24. The van der Waals surface area contributed by atoms with E-state index in [1.54, 1.807) is 6.07 Å². The highest BCUT2D eigenvalue weighted by Crippen LogP contribution is 2.68. The molecule has 31 heavy (non-hydrogen) atoms. The molecule has 1 spiro atoms. The minimum atomic E-state index is -0.850. The zero-order valence-corrected chi connectivity index (χ0v) is 17.6. The zero-order chi connectivity index (χ0) is 20.5. The number of aliphatic hydroxyl groups is 1. The van der Waals surface area contributed by atoms with Crippen LogP contribution in [0.2, 0.25) is 0 Å². The van der Waals surface area contributed by atoms with Crippen molar-refractivity contribution in [3.8, 4) is 11.5 Å². The maximum atomic E-state index is 12.7. The number of piperidine rings is 1. The van der Waals surface area contributed by atoms with Gasteiger partial charge in [-0.3, -0.25) is 4.90 Å². The lowest BCUT2D eigenvalue weighted by molar-refractivity contribution is -0.191. The summed E-state index contributed by atoms with van der Waals surface area (Å²) in [5.74, 6) is 1.88. The van der Waals surface area contributed by atoms with Gasteiger partial charge < -0.3 is 20.3 Å². The first-order chi connectivity index (χ1) is 15.1. The van der Waals surface area contributed by atoms with Crippen LogP contribution in [0.3, 0.4) is 0 Å². The smallest absolute Gasteiger partial charge is 0.165 e. The predicted octanol–water partition coefficient (Wildman–Crippen LogP) is 3.14. The Balaban J connectivity index is 1.35. The van der Waals surface area contributed by atoms with Gasteiger partial charge in [-0.05, 0) is 67.8 Å². The summed E-state index contributed by atoms with van der Waals surface area (Å²) in [7, 11) is 0. The molecule has 6 atom stereocenters. The van der Waals surface area contributed by atoms with E-state index in [0.717, 1.165) is 43.8 Å². The molecular formula is C26H28N2O3. The molecule has 2 bridgehead atoms. The van der Waals surface area contributed by atoms with Crippen LogP contribution in [-0.4, -0.2) is 52.0 Å². The van der Waals surface area contributed by atoms with E-state index >= 15 is 0 Å². The topological polar surface area (TPSA) is 65.0 Å². The number of hydrogen-bond donors (Lipinski definition) is 3. The van der Waals surface area contributed by atoms with Crippen LogP contribution in [0.4, 0.5) is 5.69 Å². The molecule has 5 heteroatoms. The van der Waals surface area contributed by atoms with E-state index in [1.807, 2.05) is 0 Å². The van der Waals surface area contributed by atoms with Crippen molar-refractivity contribution in [1.82, 2.24) is 4.90 Å². The minimum absolute atomic E-state index is 0.115. The van der Waals surface area contributed by atoms with E-state index in [2.05, 4.69) is 40.5 Å². The van der Waals surface area contributed by atoms with Crippen LogP contribution < -0.4 is 10.1 Å². The summed E-state index contributed by atoms with van der Waals surface area (Å²) in [6.07, 6.45) is 4.97. The third-order valence-corrected chi connectivity index (χ3v) is 9.53. The molecule has 2 aromatic carbocycles. The second kappa shape index (κ2) is 5.38. The van der Waals surface area contributed by atoms with Crippen LogP contribution in [-0.2, 0) is 11.8 Å². The number of rotatable bonds is 2.